The summed E-state index contributed by atoms with van der Waals surface area (Å²) in [5.41, 5.74) is 0.581. The third-order valence-electron chi connectivity index (χ3n) is 3.01. The number of fused-ring (bicyclic) bond motifs is 1. The zero-order valence-electron chi connectivity index (χ0n) is 11.3. The number of thiophene rings is 1. The van der Waals surface area contributed by atoms with Crippen molar-refractivity contribution in [2.24, 2.45) is 0 Å². The van der Waals surface area contributed by atoms with Gasteiger partial charge in [0.25, 0.3) is 5.91 Å². The highest BCUT2D eigenvalue weighted by atomic mass is 32.1. The van der Waals surface area contributed by atoms with Crippen LogP contribution in [0.25, 0.3) is 10.1 Å². The molecule has 0 bridgehead atoms. The SMILES string of the molecule is COC(=O)C(C)NC(=O)c1sc2cccc(F)c2c1C. The van der Waals surface area contributed by atoms with Crippen LogP contribution in [-0.2, 0) is 9.53 Å². The van der Waals surface area contributed by atoms with Crippen LogP contribution in [0.5, 0.6) is 0 Å². The Morgan fingerprint density at radius 3 is 2.70 bits per heavy atom. The summed E-state index contributed by atoms with van der Waals surface area (Å²) in [5, 5.41) is 2.99. The summed E-state index contributed by atoms with van der Waals surface area (Å²) in [6.07, 6.45) is 0. The zero-order chi connectivity index (χ0) is 14.9. The number of rotatable bonds is 3. The monoisotopic (exact) mass is 295 g/mol. The minimum Gasteiger partial charge on any atom is -0.467 e. The molecule has 2 aromatic rings. The van der Waals surface area contributed by atoms with Crippen LogP contribution in [0.15, 0.2) is 18.2 Å². The van der Waals surface area contributed by atoms with E-state index in [1.165, 1.54) is 31.4 Å². The fraction of sp³-hybridized carbons (Fsp3) is 0.286. The molecule has 106 valence electrons. The first-order valence-corrected chi connectivity index (χ1v) is 6.83. The van der Waals surface area contributed by atoms with Gasteiger partial charge in [-0.2, -0.15) is 0 Å². The maximum atomic E-state index is 13.8. The topological polar surface area (TPSA) is 55.4 Å². The Morgan fingerprint density at radius 2 is 2.10 bits per heavy atom. The molecule has 0 radical (unpaired) electrons. The molecule has 0 saturated carbocycles. The standard InChI is InChI=1S/C14H14FNO3S/c1-7-11-9(15)5-4-6-10(11)20-12(7)13(17)16-8(2)14(18)19-3/h4-6,8H,1-3H3,(H,16,17). The van der Waals surface area contributed by atoms with E-state index in [9.17, 15) is 14.0 Å². The van der Waals surface area contributed by atoms with E-state index in [1.54, 1.807) is 19.1 Å². The molecule has 0 spiro atoms. The van der Waals surface area contributed by atoms with Gasteiger partial charge in [-0.05, 0) is 31.5 Å². The van der Waals surface area contributed by atoms with E-state index in [1.807, 2.05) is 0 Å². The number of aryl methyl sites for hydroxylation is 1. The maximum Gasteiger partial charge on any atom is 0.328 e. The van der Waals surface area contributed by atoms with Crippen molar-refractivity contribution in [2.45, 2.75) is 19.9 Å². The second-order valence-corrected chi connectivity index (χ2v) is 5.44. The largest absolute Gasteiger partial charge is 0.467 e. The van der Waals surface area contributed by atoms with Gasteiger partial charge >= 0.3 is 5.97 Å². The van der Waals surface area contributed by atoms with Gasteiger partial charge in [-0.3, -0.25) is 4.79 Å². The molecular weight excluding hydrogens is 281 g/mol. The number of methoxy groups -OCH3 is 1. The lowest BCUT2D eigenvalue weighted by Crippen LogP contribution is -2.39. The number of ether oxygens (including phenoxy) is 1. The number of esters is 1. The highest BCUT2D eigenvalue weighted by Gasteiger charge is 2.21. The van der Waals surface area contributed by atoms with E-state index in [2.05, 4.69) is 10.1 Å². The lowest BCUT2D eigenvalue weighted by Gasteiger charge is -2.10. The highest BCUT2D eigenvalue weighted by molar-refractivity contribution is 7.21. The van der Waals surface area contributed by atoms with Crippen LogP contribution in [0.3, 0.4) is 0 Å². The number of amides is 1. The highest BCUT2D eigenvalue weighted by Crippen LogP contribution is 2.32. The summed E-state index contributed by atoms with van der Waals surface area (Å²) in [5.74, 6) is -1.28. The molecule has 0 aliphatic rings. The van der Waals surface area contributed by atoms with Crippen molar-refractivity contribution in [1.82, 2.24) is 5.32 Å². The second-order valence-electron chi connectivity index (χ2n) is 4.39. The third-order valence-corrected chi connectivity index (χ3v) is 4.27. The lowest BCUT2D eigenvalue weighted by atomic mass is 10.1. The normalized spacial score (nSPS) is 12.2. The number of halogens is 1. The number of carbonyl (C=O) groups is 2. The minimum atomic E-state index is -0.748. The molecule has 1 atom stereocenters. The van der Waals surface area contributed by atoms with E-state index >= 15 is 0 Å². The molecule has 0 fully saturated rings. The molecule has 1 heterocycles. The van der Waals surface area contributed by atoms with Crippen LogP contribution in [-0.4, -0.2) is 25.0 Å². The number of hydrogen-bond donors (Lipinski definition) is 1. The minimum absolute atomic E-state index is 0.351. The first-order valence-electron chi connectivity index (χ1n) is 6.02. The molecule has 1 amide bonds. The summed E-state index contributed by atoms with van der Waals surface area (Å²) in [6, 6.07) is 3.98. The summed E-state index contributed by atoms with van der Waals surface area (Å²) in [4.78, 5) is 23.8. The molecule has 1 aromatic carbocycles. The zero-order valence-corrected chi connectivity index (χ0v) is 12.1. The molecular formula is C14H14FNO3S. The maximum absolute atomic E-state index is 13.8. The summed E-state index contributed by atoms with van der Waals surface area (Å²) in [7, 11) is 1.26. The Bertz CT molecular complexity index is 680. The van der Waals surface area contributed by atoms with Gasteiger partial charge in [-0.15, -0.1) is 11.3 Å². The molecule has 6 heteroatoms. The van der Waals surface area contributed by atoms with E-state index in [4.69, 9.17) is 0 Å². The Kier molecular flexibility index (Phi) is 4.04. The van der Waals surface area contributed by atoms with Gasteiger partial charge in [0.05, 0.1) is 12.0 Å². The lowest BCUT2D eigenvalue weighted by molar-refractivity contribution is -0.142. The van der Waals surface area contributed by atoms with Crippen molar-refractivity contribution in [3.8, 4) is 0 Å². The van der Waals surface area contributed by atoms with E-state index in [-0.39, 0.29) is 5.82 Å². The molecule has 4 nitrogen and oxygen atoms in total. The summed E-state index contributed by atoms with van der Waals surface area (Å²) >= 11 is 1.20. The molecule has 20 heavy (non-hydrogen) atoms. The number of nitrogens with one attached hydrogen (secondary N) is 1. The molecule has 0 aliphatic heterocycles. The van der Waals surface area contributed by atoms with Crippen molar-refractivity contribution < 1.29 is 18.7 Å². The Hall–Kier alpha value is -1.95. The molecule has 1 aromatic heterocycles. The van der Waals surface area contributed by atoms with Crippen LogP contribution in [0, 0.1) is 12.7 Å². The molecule has 2 rings (SSSR count). The van der Waals surface area contributed by atoms with Crippen LogP contribution in [0.2, 0.25) is 0 Å². The van der Waals surface area contributed by atoms with Crippen LogP contribution in [0.1, 0.15) is 22.2 Å². The van der Waals surface area contributed by atoms with Gasteiger partial charge in [0.1, 0.15) is 11.9 Å². The van der Waals surface area contributed by atoms with Crippen molar-refractivity contribution >= 4 is 33.3 Å². The van der Waals surface area contributed by atoms with Gasteiger partial charge < -0.3 is 10.1 Å². The summed E-state index contributed by atoms with van der Waals surface area (Å²) in [6.45, 7) is 3.23. The predicted molar refractivity (Wildman–Crippen MR) is 75.5 cm³/mol. The average molecular weight is 295 g/mol. The van der Waals surface area contributed by atoms with Gasteiger partial charge in [0.15, 0.2) is 0 Å². The van der Waals surface area contributed by atoms with Crippen LogP contribution < -0.4 is 5.32 Å². The van der Waals surface area contributed by atoms with Crippen molar-refractivity contribution in [3.05, 3.63) is 34.5 Å². The number of hydrogen-bond acceptors (Lipinski definition) is 4. The van der Waals surface area contributed by atoms with E-state index in [0.29, 0.717) is 20.5 Å². The third kappa shape index (κ3) is 2.51. The first-order chi connectivity index (χ1) is 9.45. The molecule has 0 aliphatic carbocycles. The summed E-state index contributed by atoms with van der Waals surface area (Å²) < 4.78 is 19.0. The first kappa shape index (κ1) is 14.5. The van der Waals surface area contributed by atoms with Gasteiger partial charge in [-0.25, -0.2) is 9.18 Å². The Morgan fingerprint density at radius 1 is 1.40 bits per heavy atom. The van der Waals surface area contributed by atoms with Crippen molar-refractivity contribution in [3.63, 3.8) is 0 Å². The number of carbonyl (C=O) groups excluding carboxylic acids is 2. The number of benzene rings is 1. The second kappa shape index (κ2) is 5.58. The van der Waals surface area contributed by atoms with Gasteiger partial charge in [0, 0.05) is 10.1 Å². The van der Waals surface area contributed by atoms with Crippen molar-refractivity contribution in [1.29, 1.82) is 0 Å². The van der Waals surface area contributed by atoms with E-state index in [0.717, 1.165) is 0 Å². The quantitative estimate of drug-likeness (QED) is 0.886. The predicted octanol–water partition coefficient (Wildman–Crippen LogP) is 2.64. The Labute approximate surface area is 119 Å². The fourth-order valence-corrected chi connectivity index (χ4v) is 3.09. The Balaban J connectivity index is 2.34. The molecule has 1 unspecified atom stereocenters. The van der Waals surface area contributed by atoms with Crippen LogP contribution >= 0.6 is 11.3 Å². The smallest absolute Gasteiger partial charge is 0.328 e. The molecule has 0 saturated heterocycles. The fourth-order valence-electron chi connectivity index (χ4n) is 1.97. The van der Waals surface area contributed by atoms with Gasteiger partial charge in [0.2, 0.25) is 0 Å². The molecule has 1 N–H and O–H groups in total. The average Bonchev–Trinajstić information content (AvgIpc) is 2.76. The van der Waals surface area contributed by atoms with E-state index < -0.39 is 17.9 Å². The van der Waals surface area contributed by atoms with Crippen molar-refractivity contribution in [2.75, 3.05) is 7.11 Å². The van der Waals surface area contributed by atoms with Gasteiger partial charge in [-0.1, -0.05) is 6.07 Å². The van der Waals surface area contributed by atoms with Crippen LogP contribution in [0.4, 0.5) is 4.39 Å².